The summed E-state index contributed by atoms with van der Waals surface area (Å²) in [6.07, 6.45) is 3.69. The third-order valence-electron chi connectivity index (χ3n) is 3.50. The fourth-order valence-electron chi connectivity index (χ4n) is 2.29. The van der Waals surface area contributed by atoms with E-state index in [1.54, 1.807) is 0 Å². The van der Waals surface area contributed by atoms with Crippen molar-refractivity contribution >= 4 is 9.84 Å². The largest absolute Gasteiger partial charge is 0.311 e. The van der Waals surface area contributed by atoms with Gasteiger partial charge in [-0.05, 0) is 25.7 Å². The van der Waals surface area contributed by atoms with E-state index >= 15 is 0 Å². The lowest BCUT2D eigenvalue weighted by Crippen LogP contribution is -2.55. The Kier molecular flexibility index (Phi) is 2.36. The topological polar surface area (TPSA) is 46.2 Å². The molecule has 3 nitrogen and oxygen atoms in total. The first-order chi connectivity index (χ1) is 6.11. The van der Waals surface area contributed by atoms with E-state index in [0.29, 0.717) is 18.2 Å². The van der Waals surface area contributed by atoms with Crippen LogP contribution in [0.15, 0.2) is 0 Å². The minimum absolute atomic E-state index is 0.174. The number of sulfone groups is 1. The van der Waals surface area contributed by atoms with Crippen molar-refractivity contribution in [2.24, 2.45) is 5.92 Å². The highest BCUT2D eigenvalue weighted by molar-refractivity contribution is 7.92. The molecule has 0 aromatic heterocycles. The van der Waals surface area contributed by atoms with Gasteiger partial charge in [0, 0.05) is 12.6 Å². The lowest BCUT2D eigenvalue weighted by atomic mass is 9.78. The van der Waals surface area contributed by atoms with E-state index in [0.717, 1.165) is 0 Å². The Morgan fingerprint density at radius 3 is 2.54 bits per heavy atom. The molecule has 1 heterocycles. The molecule has 0 aromatic carbocycles. The van der Waals surface area contributed by atoms with Gasteiger partial charge in [0.1, 0.15) is 0 Å². The van der Waals surface area contributed by atoms with Crippen LogP contribution >= 0.6 is 0 Å². The summed E-state index contributed by atoms with van der Waals surface area (Å²) in [5.41, 5.74) is 0. The predicted octanol–water partition coefficient (Wildman–Crippen LogP) is 0.562. The zero-order chi connectivity index (χ0) is 9.47. The van der Waals surface area contributed by atoms with Crippen molar-refractivity contribution < 1.29 is 8.42 Å². The van der Waals surface area contributed by atoms with Gasteiger partial charge >= 0.3 is 0 Å². The maximum Gasteiger partial charge on any atom is 0.155 e. The van der Waals surface area contributed by atoms with Gasteiger partial charge in [0.25, 0.3) is 0 Å². The van der Waals surface area contributed by atoms with Crippen LogP contribution in [0.4, 0.5) is 0 Å². The van der Waals surface area contributed by atoms with Gasteiger partial charge in [0.05, 0.1) is 11.0 Å². The van der Waals surface area contributed by atoms with E-state index in [4.69, 9.17) is 0 Å². The molecule has 76 valence electrons. The maximum absolute atomic E-state index is 11.6. The molecule has 2 rings (SSSR count). The highest BCUT2D eigenvalue weighted by atomic mass is 32.2. The molecule has 2 fully saturated rings. The summed E-state index contributed by atoms with van der Waals surface area (Å²) in [6.45, 7) is 2.50. The van der Waals surface area contributed by atoms with E-state index in [-0.39, 0.29) is 11.3 Å². The van der Waals surface area contributed by atoms with Crippen LogP contribution in [0.3, 0.4) is 0 Å². The highest BCUT2D eigenvalue weighted by Crippen LogP contribution is 2.33. The molecule has 1 aliphatic carbocycles. The van der Waals surface area contributed by atoms with Crippen LogP contribution < -0.4 is 5.32 Å². The second-order valence-electron chi connectivity index (χ2n) is 4.24. The van der Waals surface area contributed by atoms with E-state index in [9.17, 15) is 8.42 Å². The van der Waals surface area contributed by atoms with Crippen LogP contribution in [-0.4, -0.2) is 32.0 Å². The molecule has 1 saturated carbocycles. The second-order valence-corrected chi connectivity index (χ2v) is 6.72. The minimum atomic E-state index is -2.79. The number of hydrogen-bond donors (Lipinski definition) is 1. The molecule has 1 aliphatic heterocycles. The zero-order valence-electron chi connectivity index (χ0n) is 7.99. The fraction of sp³-hybridized carbons (Fsp3) is 1.00. The number of nitrogens with one attached hydrogen (secondary N) is 1. The summed E-state index contributed by atoms with van der Waals surface area (Å²) in [7, 11) is -2.79. The Morgan fingerprint density at radius 1 is 1.31 bits per heavy atom. The Labute approximate surface area is 79.8 Å². The molecule has 1 saturated heterocycles. The minimum Gasteiger partial charge on any atom is -0.311 e. The monoisotopic (exact) mass is 203 g/mol. The third-order valence-corrected chi connectivity index (χ3v) is 5.70. The first-order valence-corrected chi connectivity index (χ1v) is 6.78. The molecular formula is C9H17NO2S. The standard InChI is InChI=1S/C9H17NO2S/c1-7-9(8-3-2-4-8)10-5-6-13(7,11)12/h7-10H,2-6H2,1H3. The second kappa shape index (κ2) is 3.24. The van der Waals surface area contributed by atoms with Crippen LogP contribution in [0, 0.1) is 5.92 Å². The van der Waals surface area contributed by atoms with Gasteiger partial charge in [-0.15, -0.1) is 0 Å². The molecular weight excluding hydrogens is 186 g/mol. The van der Waals surface area contributed by atoms with Crippen LogP contribution in [-0.2, 0) is 9.84 Å². The quantitative estimate of drug-likeness (QED) is 0.677. The van der Waals surface area contributed by atoms with Crippen LogP contribution in [0.25, 0.3) is 0 Å². The van der Waals surface area contributed by atoms with Gasteiger partial charge in [-0.3, -0.25) is 0 Å². The van der Waals surface area contributed by atoms with Crippen molar-refractivity contribution in [1.82, 2.24) is 5.32 Å². The normalized spacial score (nSPS) is 39.8. The molecule has 0 amide bonds. The van der Waals surface area contributed by atoms with Crippen molar-refractivity contribution in [2.75, 3.05) is 12.3 Å². The Balaban J connectivity index is 2.11. The fourth-order valence-corrected chi connectivity index (χ4v) is 3.83. The van der Waals surface area contributed by atoms with Gasteiger partial charge < -0.3 is 5.32 Å². The van der Waals surface area contributed by atoms with Crippen molar-refractivity contribution in [3.63, 3.8) is 0 Å². The van der Waals surface area contributed by atoms with Crippen LogP contribution in [0.2, 0.25) is 0 Å². The molecule has 0 aromatic rings. The summed E-state index contributed by atoms with van der Waals surface area (Å²) < 4.78 is 23.2. The van der Waals surface area contributed by atoms with Crippen molar-refractivity contribution in [3.05, 3.63) is 0 Å². The first kappa shape index (κ1) is 9.46. The average molecular weight is 203 g/mol. The highest BCUT2D eigenvalue weighted by Gasteiger charge is 2.39. The molecule has 0 bridgehead atoms. The van der Waals surface area contributed by atoms with E-state index in [2.05, 4.69) is 5.32 Å². The Morgan fingerprint density at radius 2 is 2.00 bits per heavy atom. The predicted molar refractivity (Wildman–Crippen MR) is 52.4 cm³/mol. The van der Waals surface area contributed by atoms with E-state index < -0.39 is 9.84 Å². The van der Waals surface area contributed by atoms with Crippen molar-refractivity contribution in [2.45, 2.75) is 37.5 Å². The summed E-state index contributed by atoms with van der Waals surface area (Å²) >= 11 is 0. The van der Waals surface area contributed by atoms with Crippen molar-refractivity contribution in [1.29, 1.82) is 0 Å². The van der Waals surface area contributed by atoms with Gasteiger partial charge in [-0.25, -0.2) is 8.42 Å². The number of hydrogen-bond acceptors (Lipinski definition) is 3. The maximum atomic E-state index is 11.6. The molecule has 0 radical (unpaired) electrons. The van der Waals surface area contributed by atoms with Gasteiger partial charge in [0.2, 0.25) is 0 Å². The summed E-state index contributed by atoms with van der Waals surface area (Å²) in [5, 5.41) is 3.17. The van der Waals surface area contributed by atoms with E-state index in [1.165, 1.54) is 19.3 Å². The molecule has 2 aliphatic rings. The molecule has 1 N–H and O–H groups in total. The lowest BCUT2D eigenvalue weighted by molar-refractivity contribution is 0.223. The SMILES string of the molecule is CC1C(C2CCC2)NCCS1(=O)=O. The van der Waals surface area contributed by atoms with Gasteiger partial charge in [-0.2, -0.15) is 0 Å². The van der Waals surface area contributed by atoms with Crippen LogP contribution in [0.1, 0.15) is 26.2 Å². The Hall–Kier alpha value is -0.0900. The van der Waals surface area contributed by atoms with Gasteiger partial charge in [-0.1, -0.05) is 6.42 Å². The molecule has 2 atom stereocenters. The molecule has 2 unspecified atom stereocenters. The zero-order valence-corrected chi connectivity index (χ0v) is 8.81. The smallest absolute Gasteiger partial charge is 0.155 e. The van der Waals surface area contributed by atoms with Crippen LogP contribution in [0.5, 0.6) is 0 Å². The summed E-state index contributed by atoms with van der Waals surface area (Å²) in [4.78, 5) is 0. The van der Waals surface area contributed by atoms with E-state index in [1.807, 2.05) is 6.92 Å². The van der Waals surface area contributed by atoms with Crippen molar-refractivity contribution in [3.8, 4) is 0 Å². The summed E-state index contributed by atoms with van der Waals surface area (Å²) in [5.74, 6) is 0.933. The average Bonchev–Trinajstić information content (AvgIpc) is 1.95. The molecule has 4 heteroatoms. The van der Waals surface area contributed by atoms with Gasteiger partial charge in [0.15, 0.2) is 9.84 Å². The first-order valence-electron chi connectivity index (χ1n) is 5.06. The molecule has 13 heavy (non-hydrogen) atoms. The Bertz CT molecular complexity index is 282. The lowest BCUT2D eigenvalue weighted by Gasteiger charge is -2.40. The third kappa shape index (κ3) is 1.62. The summed E-state index contributed by atoms with van der Waals surface area (Å²) in [6, 6.07) is 0.229. The number of rotatable bonds is 1. The molecule has 0 spiro atoms.